The summed E-state index contributed by atoms with van der Waals surface area (Å²) in [7, 11) is 0. The number of cyclic esters (lactones) is 1. The summed E-state index contributed by atoms with van der Waals surface area (Å²) in [4.78, 5) is 19.2. The molecule has 3 aromatic rings. The Kier molecular flexibility index (Phi) is 6.70. The van der Waals surface area contributed by atoms with Crippen LogP contribution in [0, 0.1) is 0 Å². The monoisotopic (exact) mass is 441 g/mol. The van der Waals surface area contributed by atoms with Crippen LogP contribution in [0.4, 0.5) is 4.79 Å². The number of benzene rings is 3. The van der Waals surface area contributed by atoms with E-state index in [1.54, 1.807) is 0 Å². The molecule has 2 aliphatic heterocycles. The van der Waals surface area contributed by atoms with Gasteiger partial charge in [0.15, 0.2) is 0 Å². The van der Waals surface area contributed by atoms with Gasteiger partial charge >= 0.3 is 6.09 Å². The van der Waals surface area contributed by atoms with Gasteiger partial charge < -0.3 is 9.64 Å². The maximum atomic E-state index is 12.4. The maximum absolute atomic E-state index is 12.4. The molecule has 170 valence electrons. The van der Waals surface area contributed by atoms with E-state index in [2.05, 4.69) is 82.6 Å². The zero-order valence-electron chi connectivity index (χ0n) is 18.9. The Morgan fingerprint density at radius 1 is 0.758 bits per heavy atom. The van der Waals surface area contributed by atoms with Gasteiger partial charge in [-0.25, -0.2) is 4.79 Å². The number of hydrogen-bond acceptors (Lipinski definition) is 4. The topological polar surface area (TPSA) is 36.0 Å². The second kappa shape index (κ2) is 10.2. The first kappa shape index (κ1) is 21.7. The minimum Gasteiger partial charge on any atom is -0.443 e. The van der Waals surface area contributed by atoms with E-state index in [9.17, 15) is 4.79 Å². The van der Waals surface area contributed by atoms with Gasteiger partial charge in [0.05, 0.1) is 12.6 Å². The molecule has 5 heteroatoms. The molecule has 0 unspecified atom stereocenters. The number of ether oxygens (including phenoxy) is 1. The van der Waals surface area contributed by atoms with E-state index in [0.29, 0.717) is 13.1 Å². The first-order chi connectivity index (χ1) is 16.3. The lowest BCUT2D eigenvalue weighted by Crippen LogP contribution is -2.50. The average molecular weight is 442 g/mol. The van der Waals surface area contributed by atoms with Gasteiger partial charge in [-0.05, 0) is 16.7 Å². The molecule has 2 saturated heterocycles. The third-order valence-corrected chi connectivity index (χ3v) is 6.63. The number of carbonyl (C=O) groups excluding carboxylic acids is 1. The van der Waals surface area contributed by atoms with Crippen molar-refractivity contribution in [2.45, 2.75) is 18.7 Å². The number of amides is 1. The first-order valence-electron chi connectivity index (χ1n) is 11.8. The molecule has 0 aliphatic carbocycles. The minimum atomic E-state index is -0.198. The SMILES string of the molecule is O=C1O[C@H](CN2CCN(C(c3ccccc3)c3ccccc3)CC2)CN1Cc1ccccc1. The van der Waals surface area contributed by atoms with E-state index < -0.39 is 0 Å². The standard InChI is InChI=1S/C28H31N3O2/c32-28-31(20-23-10-4-1-5-11-23)22-26(33-28)21-29-16-18-30(19-17-29)27(24-12-6-2-7-13-24)25-14-8-3-9-15-25/h1-15,26-27H,16-22H2/t26-/m1/s1. The van der Waals surface area contributed by atoms with Crippen molar-refractivity contribution in [3.05, 3.63) is 108 Å². The van der Waals surface area contributed by atoms with Crippen molar-refractivity contribution in [3.8, 4) is 0 Å². The van der Waals surface area contributed by atoms with Crippen LogP contribution in [0.15, 0.2) is 91.0 Å². The van der Waals surface area contributed by atoms with Gasteiger partial charge in [-0.1, -0.05) is 91.0 Å². The molecule has 5 nitrogen and oxygen atoms in total. The molecule has 1 amide bonds. The summed E-state index contributed by atoms with van der Waals surface area (Å²) in [5.41, 5.74) is 3.80. The van der Waals surface area contributed by atoms with Crippen LogP contribution in [0.3, 0.4) is 0 Å². The van der Waals surface area contributed by atoms with E-state index >= 15 is 0 Å². The van der Waals surface area contributed by atoms with Crippen molar-refractivity contribution in [1.29, 1.82) is 0 Å². The van der Waals surface area contributed by atoms with Crippen LogP contribution in [-0.4, -0.2) is 66.2 Å². The quantitative estimate of drug-likeness (QED) is 0.544. The zero-order valence-corrected chi connectivity index (χ0v) is 18.9. The van der Waals surface area contributed by atoms with Crippen molar-refractivity contribution in [2.24, 2.45) is 0 Å². The molecule has 0 saturated carbocycles. The van der Waals surface area contributed by atoms with Crippen LogP contribution >= 0.6 is 0 Å². The van der Waals surface area contributed by atoms with Crippen molar-refractivity contribution in [2.75, 3.05) is 39.3 Å². The van der Waals surface area contributed by atoms with Gasteiger partial charge in [0.2, 0.25) is 0 Å². The molecule has 2 heterocycles. The molecule has 3 aromatic carbocycles. The number of nitrogens with zero attached hydrogens (tertiary/aromatic N) is 3. The van der Waals surface area contributed by atoms with Crippen LogP contribution in [0.1, 0.15) is 22.7 Å². The summed E-state index contributed by atoms with van der Waals surface area (Å²) >= 11 is 0. The molecule has 0 bridgehead atoms. The number of rotatable bonds is 7. The highest BCUT2D eigenvalue weighted by Crippen LogP contribution is 2.29. The van der Waals surface area contributed by atoms with E-state index in [-0.39, 0.29) is 18.2 Å². The van der Waals surface area contributed by atoms with Gasteiger partial charge in [-0.15, -0.1) is 0 Å². The van der Waals surface area contributed by atoms with Gasteiger partial charge in [0, 0.05) is 39.3 Å². The van der Waals surface area contributed by atoms with Crippen LogP contribution in [0.2, 0.25) is 0 Å². The van der Waals surface area contributed by atoms with Crippen LogP contribution in [-0.2, 0) is 11.3 Å². The van der Waals surface area contributed by atoms with Gasteiger partial charge in [-0.3, -0.25) is 9.80 Å². The van der Waals surface area contributed by atoms with Crippen LogP contribution in [0.25, 0.3) is 0 Å². The molecule has 2 fully saturated rings. The molecular formula is C28H31N3O2. The lowest BCUT2D eigenvalue weighted by Gasteiger charge is -2.40. The van der Waals surface area contributed by atoms with E-state index in [1.165, 1.54) is 11.1 Å². The summed E-state index contributed by atoms with van der Waals surface area (Å²) in [5.74, 6) is 0. The Bertz CT molecular complexity index is 981. The Hall–Kier alpha value is -3.15. The Morgan fingerprint density at radius 2 is 1.30 bits per heavy atom. The highest BCUT2D eigenvalue weighted by Gasteiger charge is 2.34. The van der Waals surface area contributed by atoms with Gasteiger partial charge in [0.1, 0.15) is 6.10 Å². The molecule has 1 atom stereocenters. The molecule has 33 heavy (non-hydrogen) atoms. The van der Waals surface area contributed by atoms with Crippen molar-refractivity contribution in [1.82, 2.24) is 14.7 Å². The zero-order chi connectivity index (χ0) is 22.5. The largest absolute Gasteiger partial charge is 0.443 e. The first-order valence-corrected chi connectivity index (χ1v) is 11.8. The van der Waals surface area contributed by atoms with Crippen molar-refractivity contribution in [3.63, 3.8) is 0 Å². The molecule has 0 radical (unpaired) electrons. The predicted octanol–water partition coefficient (Wildman–Crippen LogP) is 4.41. The highest BCUT2D eigenvalue weighted by atomic mass is 16.6. The number of carbonyl (C=O) groups is 1. The van der Waals surface area contributed by atoms with E-state index in [0.717, 1.165) is 38.3 Å². The van der Waals surface area contributed by atoms with Gasteiger partial charge in [-0.2, -0.15) is 0 Å². The second-order valence-electron chi connectivity index (χ2n) is 8.93. The molecular weight excluding hydrogens is 410 g/mol. The molecule has 5 rings (SSSR count). The highest BCUT2D eigenvalue weighted by molar-refractivity contribution is 5.70. The summed E-state index contributed by atoms with van der Waals surface area (Å²) in [6, 6.07) is 31.9. The van der Waals surface area contributed by atoms with E-state index in [4.69, 9.17) is 4.74 Å². The van der Waals surface area contributed by atoms with Crippen molar-refractivity contribution >= 4 is 6.09 Å². The fourth-order valence-electron chi connectivity index (χ4n) is 4.98. The lowest BCUT2D eigenvalue weighted by molar-refractivity contribution is 0.0670. The third kappa shape index (κ3) is 5.27. The molecule has 0 spiro atoms. The fourth-order valence-corrected chi connectivity index (χ4v) is 4.98. The average Bonchev–Trinajstić information content (AvgIpc) is 3.20. The molecule has 0 aromatic heterocycles. The molecule has 0 N–H and O–H groups in total. The smallest absolute Gasteiger partial charge is 0.410 e. The maximum Gasteiger partial charge on any atom is 0.410 e. The van der Waals surface area contributed by atoms with Crippen LogP contribution < -0.4 is 0 Å². The summed E-state index contributed by atoms with van der Waals surface area (Å²) in [6.07, 6.45) is -0.262. The predicted molar refractivity (Wildman–Crippen MR) is 130 cm³/mol. The Morgan fingerprint density at radius 3 is 1.88 bits per heavy atom. The van der Waals surface area contributed by atoms with Crippen LogP contribution in [0.5, 0.6) is 0 Å². The molecule has 2 aliphatic rings. The van der Waals surface area contributed by atoms with Gasteiger partial charge in [0.25, 0.3) is 0 Å². The Labute approximate surface area is 196 Å². The lowest BCUT2D eigenvalue weighted by atomic mass is 9.96. The number of piperazine rings is 1. The second-order valence-corrected chi connectivity index (χ2v) is 8.93. The fraction of sp³-hybridized carbons (Fsp3) is 0.321. The minimum absolute atomic E-state index is 0.0631. The summed E-state index contributed by atoms with van der Waals surface area (Å²) < 4.78 is 5.69. The number of hydrogen-bond donors (Lipinski definition) is 0. The normalized spacial score (nSPS) is 19.7. The third-order valence-electron chi connectivity index (χ3n) is 6.63. The summed E-state index contributed by atoms with van der Waals surface area (Å²) in [5, 5.41) is 0. The van der Waals surface area contributed by atoms with E-state index in [1.807, 2.05) is 23.1 Å². The Balaban J connectivity index is 1.18. The summed E-state index contributed by atoms with van der Waals surface area (Å²) in [6.45, 7) is 5.99. The van der Waals surface area contributed by atoms with Crippen molar-refractivity contribution < 1.29 is 9.53 Å².